The molecule has 1 atom stereocenters. The highest BCUT2D eigenvalue weighted by molar-refractivity contribution is 5.77. The number of nitrogens with zero attached hydrogens (tertiary/aromatic N) is 1. The molecule has 4 nitrogen and oxygen atoms in total. The fraction of sp³-hybridized carbons (Fsp3) is 0.538. The molecule has 0 bridgehead atoms. The van der Waals surface area contributed by atoms with Crippen molar-refractivity contribution in [2.24, 2.45) is 0 Å². The largest absolute Gasteiger partial charge is 0.369 e. The van der Waals surface area contributed by atoms with E-state index >= 15 is 0 Å². The summed E-state index contributed by atoms with van der Waals surface area (Å²) in [5, 5.41) is 2.85. The van der Waals surface area contributed by atoms with E-state index in [1.165, 1.54) is 0 Å². The summed E-state index contributed by atoms with van der Waals surface area (Å²) in [6, 6.07) is 5.67. The first-order valence-corrected chi connectivity index (χ1v) is 5.83. The molecule has 94 valence electrons. The van der Waals surface area contributed by atoms with E-state index in [1.54, 1.807) is 0 Å². The van der Waals surface area contributed by atoms with Crippen LogP contribution in [-0.4, -0.2) is 23.6 Å². The number of carbonyl (C=O) groups is 1. The maximum absolute atomic E-state index is 11.6. The van der Waals surface area contributed by atoms with E-state index in [1.807, 2.05) is 45.9 Å². The second-order valence-corrected chi connectivity index (χ2v) is 4.35. The zero-order valence-electron chi connectivity index (χ0n) is 10.9. The summed E-state index contributed by atoms with van der Waals surface area (Å²) in [6.45, 7) is 7.74. The molecule has 0 radical (unpaired) electrons. The van der Waals surface area contributed by atoms with Crippen LogP contribution in [0, 0.1) is 6.92 Å². The van der Waals surface area contributed by atoms with E-state index in [0.29, 0.717) is 0 Å². The number of nitrogens with one attached hydrogen (secondary N) is 1. The van der Waals surface area contributed by atoms with E-state index in [0.717, 1.165) is 11.4 Å². The predicted molar refractivity (Wildman–Crippen MR) is 66.6 cm³/mol. The molecule has 0 spiro atoms. The van der Waals surface area contributed by atoms with Gasteiger partial charge in [0.2, 0.25) is 5.91 Å². The molecule has 1 amide bonds. The number of pyridine rings is 1. The Balaban J connectivity index is 2.48. The maximum Gasteiger partial charge on any atom is 0.246 e. The van der Waals surface area contributed by atoms with Gasteiger partial charge in [0.1, 0.15) is 6.61 Å². The van der Waals surface area contributed by atoms with Crippen molar-refractivity contribution in [3.05, 3.63) is 29.6 Å². The van der Waals surface area contributed by atoms with Crippen LogP contribution < -0.4 is 5.32 Å². The lowest BCUT2D eigenvalue weighted by molar-refractivity contribution is -0.127. The summed E-state index contributed by atoms with van der Waals surface area (Å²) >= 11 is 0. The van der Waals surface area contributed by atoms with Gasteiger partial charge in [-0.25, -0.2) is 0 Å². The smallest absolute Gasteiger partial charge is 0.246 e. The van der Waals surface area contributed by atoms with Crippen molar-refractivity contribution in [3.8, 4) is 0 Å². The minimum Gasteiger partial charge on any atom is -0.369 e. The van der Waals surface area contributed by atoms with Crippen molar-refractivity contribution in [1.29, 1.82) is 0 Å². The summed E-state index contributed by atoms with van der Waals surface area (Å²) in [5.41, 5.74) is 1.81. The maximum atomic E-state index is 11.6. The quantitative estimate of drug-likeness (QED) is 0.850. The Morgan fingerprint density at radius 2 is 2.12 bits per heavy atom. The highest BCUT2D eigenvalue weighted by atomic mass is 16.5. The lowest BCUT2D eigenvalue weighted by Crippen LogP contribution is -2.31. The number of amides is 1. The van der Waals surface area contributed by atoms with Crippen molar-refractivity contribution in [2.75, 3.05) is 6.61 Å². The van der Waals surface area contributed by atoms with Gasteiger partial charge in [-0.1, -0.05) is 6.07 Å². The van der Waals surface area contributed by atoms with Crippen molar-refractivity contribution < 1.29 is 9.53 Å². The third kappa shape index (κ3) is 4.95. The lowest BCUT2D eigenvalue weighted by atomic mass is 10.2. The number of rotatable bonds is 5. The zero-order valence-corrected chi connectivity index (χ0v) is 10.9. The highest BCUT2D eigenvalue weighted by Gasteiger charge is 2.11. The summed E-state index contributed by atoms with van der Waals surface area (Å²) in [4.78, 5) is 15.9. The van der Waals surface area contributed by atoms with Crippen molar-refractivity contribution in [2.45, 2.75) is 39.8 Å². The van der Waals surface area contributed by atoms with Gasteiger partial charge in [-0.05, 0) is 39.8 Å². The second-order valence-electron chi connectivity index (χ2n) is 4.35. The summed E-state index contributed by atoms with van der Waals surface area (Å²) in [5.74, 6) is -0.116. The van der Waals surface area contributed by atoms with Gasteiger partial charge in [0.15, 0.2) is 0 Å². The Hall–Kier alpha value is -1.42. The van der Waals surface area contributed by atoms with Crippen LogP contribution in [0.15, 0.2) is 18.2 Å². The van der Waals surface area contributed by atoms with Crippen LogP contribution in [0.1, 0.15) is 38.2 Å². The van der Waals surface area contributed by atoms with Gasteiger partial charge in [-0.2, -0.15) is 0 Å². The van der Waals surface area contributed by atoms with Crippen LogP contribution >= 0.6 is 0 Å². The molecule has 0 aliphatic heterocycles. The lowest BCUT2D eigenvalue weighted by Gasteiger charge is -2.14. The molecule has 0 fully saturated rings. The molecule has 1 heterocycles. The van der Waals surface area contributed by atoms with E-state index < -0.39 is 0 Å². The van der Waals surface area contributed by atoms with Crippen molar-refractivity contribution in [3.63, 3.8) is 0 Å². The molecular weight excluding hydrogens is 216 g/mol. The molecular formula is C13H20N2O2. The molecule has 0 aliphatic rings. The first kappa shape index (κ1) is 13.6. The van der Waals surface area contributed by atoms with Gasteiger partial charge in [0.25, 0.3) is 0 Å². The van der Waals surface area contributed by atoms with Crippen LogP contribution in [0.5, 0.6) is 0 Å². The van der Waals surface area contributed by atoms with Crippen LogP contribution in [0.4, 0.5) is 0 Å². The predicted octanol–water partition coefficient (Wildman–Crippen LogP) is 1.99. The number of carbonyl (C=O) groups excluding carboxylic acids is 1. The molecule has 0 saturated heterocycles. The van der Waals surface area contributed by atoms with E-state index in [-0.39, 0.29) is 24.7 Å². The van der Waals surface area contributed by atoms with E-state index in [4.69, 9.17) is 4.74 Å². The normalized spacial score (nSPS) is 12.5. The molecule has 4 heteroatoms. The molecule has 1 rings (SSSR count). The SMILES string of the molecule is Cc1cccc([C@@H](C)NC(=O)COC(C)C)n1. The van der Waals surface area contributed by atoms with Gasteiger partial charge in [-0.15, -0.1) is 0 Å². The Labute approximate surface area is 102 Å². The molecule has 1 N–H and O–H groups in total. The van der Waals surface area contributed by atoms with E-state index in [9.17, 15) is 4.79 Å². The molecule has 0 aromatic carbocycles. The fourth-order valence-electron chi connectivity index (χ4n) is 1.40. The number of ether oxygens (including phenoxy) is 1. The standard InChI is InChI=1S/C13H20N2O2/c1-9(2)17-8-13(16)15-11(4)12-7-5-6-10(3)14-12/h5-7,9,11H,8H2,1-4H3,(H,15,16)/t11-/m1/s1. The van der Waals surface area contributed by atoms with Crippen molar-refractivity contribution >= 4 is 5.91 Å². The van der Waals surface area contributed by atoms with Gasteiger partial charge in [0.05, 0.1) is 17.8 Å². The second kappa shape index (κ2) is 6.35. The summed E-state index contributed by atoms with van der Waals surface area (Å²) < 4.78 is 5.23. The molecule has 1 aromatic rings. The van der Waals surface area contributed by atoms with Crippen LogP contribution in [0.3, 0.4) is 0 Å². The molecule has 1 aromatic heterocycles. The fourth-order valence-corrected chi connectivity index (χ4v) is 1.40. The van der Waals surface area contributed by atoms with Gasteiger partial charge < -0.3 is 10.1 Å². The van der Waals surface area contributed by atoms with Gasteiger partial charge in [-0.3, -0.25) is 9.78 Å². The Kier molecular flexibility index (Phi) is 5.10. The monoisotopic (exact) mass is 236 g/mol. The number of hydrogen-bond acceptors (Lipinski definition) is 3. The average molecular weight is 236 g/mol. The minimum atomic E-state index is -0.116. The molecule has 17 heavy (non-hydrogen) atoms. The third-order valence-electron chi connectivity index (χ3n) is 2.28. The van der Waals surface area contributed by atoms with Crippen LogP contribution in [-0.2, 0) is 9.53 Å². The number of aromatic nitrogens is 1. The average Bonchev–Trinajstić information content (AvgIpc) is 2.26. The highest BCUT2D eigenvalue weighted by Crippen LogP contribution is 2.09. The summed E-state index contributed by atoms with van der Waals surface area (Å²) in [7, 11) is 0. The molecule has 0 saturated carbocycles. The number of hydrogen-bond donors (Lipinski definition) is 1. The van der Waals surface area contributed by atoms with Crippen molar-refractivity contribution in [1.82, 2.24) is 10.3 Å². The first-order valence-electron chi connectivity index (χ1n) is 5.83. The Morgan fingerprint density at radius 3 is 2.71 bits per heavy atom. The van der Waals surface area contributed by atoms with Crippen LogP contribution in [0.2, 0.25) is 0 Å². The van der Waals surface area contributed by atoms with Gasteiger partial charge in [0, 0.05) is 5.69 Å². The Bertz CT molecular complexity index is 377. The van der Waals surface area contributed by atoms with Gasteiger partial charge >= 0.3 is 0 Å². The first-order chi connectivity index (χ1) is 7.99. The zero-order chi connectivity index (χ0) is 12.8. The number of aryl methyl sites for hydroxylation is 1. The summed E-state index contributed by atoms with van der Waals surface area (Å²) in [6.07, 6.45) is 0.0631. The minimum absolute atomic E-state index is 0.0631. The molecule has 0 aliphatic carbocycles. The van der Waals surface area contributed by atoms with E-state index in [2.05, 4.69) is 10.3 Å². The topological polar surface area (TPSA) is 51.2 Å². The third-order valence-corrected chi connectivity index (χ3v) is 2.28. The van der Waals surface area contributed by atoms with Crippen LogP contribution in [0.25, 0.3) is 0 Å². The molecule has 0 unspecified atom stereocenters. The Morgan fingerprint density at radius 1 is 1.41 bits per heavy atom.